The van der Waals surface area contributed by atoms with E-state index in [0.717, 1.165) is 51.4 Å². The second-order valence-electron chi connectivity index (χ2n) is 5.16. The molecule has 0 aromatic heterocycles. The molecule has 0 fully saturated rings. The fourth-order valence-corrected chi connectivity index (χ4v) is 1.87. The Balaban J connectivity index is 3.43. The molecule has 0 aliphatic heterocycles. The van der Waals surface area contributed by atoms with E-state index in [9.17, 15) is 9.90 Å². The van der Waals surface area contributed by atoms with Crippen molar-refractivity contribution in [3.05, 3.63) is 36.5 Å². The lowest BCUT2D eigenvalue weighted by atomic mass is 10.1. The molecule has 0 aromatic rings. The van der Waals surface area contributed by atoms with Crippen LogP contribution >= 0.6 is 0 Å². The van der Waals surface area contributed by atoms with E-state index in [-0.39, 0.29) is 12.5 Å². The van der Waals surface area contributed by atoms with Crippen LogP contribution in [0.15, 0.2) is 36.5 Å². The molecule has 21 heavy (non-hydrogen) atoms. The van der Waals surface area contributed by atoms with Crippen LogP contribution in [-0.4, -0.2) is 22.3 Å². The zero-order valence-corrected chi connectivity index (χ0v) is 13.2. The number of aliphatic hydroxyl groups is 1. The van der Waals surface area contributed by atoms with Crippen LogP contribution in [0.5, 0.6) is 0 Å². The van der Waals surface area contributed by atoms with Crippen LogP contribution in [0.4, 0.5) is 0 Å². The van der Waals surface area contributed by atoms with Crippen molar-refractivity contribution in [2.45, 2.75) is 70.8 Å². The third-order valence-corrected chi connectivity index (χ3v) is 3.09. The van der Waals surface area contributed by atoms with E-state index in [1.54, 1.807) is 0 Å². The van der Waals surface area contributed by atoms with Crippen molar-refractivity contribution in [1.29, 1.82) is 0 Å². The Kier molecular flexibility index (Phi) is 14.1. The van der Waals surface area contributed by atoms with E-state index in [4.69, 9.17) is 5.11 Å². The van der Waals surface area contributed by atoms with Gasteiger partial charge in [0.05, 0.1) is 6.10 Å². The largest absolute Gasteiger partial charge is 0.481 e. The number of carboxylic acids is 1. The molecule has 0 bridgehead atoms. The third kappa shape index (κ3) is 16.6. The fourth-order valence-electron chi connectivity index (χ4n) is 1.87. The fraction of sp³-hybridized carbons (Fsp3) is 0.611. The maximum atomic E-state index is 10.3. The maximum absolute atomic E-state index is 10.3. The molecule has 0 spiro atoms. The monoisotopic (exact) mass is 294 g/mol. The second-order valence-corrected chi connectivity index (χ2v) is 5.16. The predicted molar refractivity (Wildman–Crippen MR) is 88.3 cm³/mol. The maximum Gasteiger partial charge on any atom is 0.303 e. The Bertz CT molecular complexity index is 329. The number of carbonyl (C=O) groups is 1. The molecule has 120 valence electrons. The van der Waals surface area contributed by atoms with Crippen LogP contribution < -0.4 is 0 Å². The van der Waals surface area contributed by atoms with Crippen molar-refractivity contribution >= 4 is 5.97 Å². The van der Waals surface area contributed by atoms with Crippen molar-refractivity contribution in [3.8, 4) is 0 Å². The first kappa shape index (κ1) is 19.7. The topological polar surface area (TPSA) is 57.5 Å². The molecule has 0 amide bonds. The van der Waals surface area contributed by atoms with Gasteiger partial charge in [-0.05, 0) is 51.4 Å². The Morgan fingerprint density at radius 3 is 2.38 bits per heavy atom. The van der Waals surface area contributed by atoms with Crippen LogP contribution in [-0.2, 0) is 4.79 Å². The van der Waals surface area contributed by atoms with E-state index in [2.05, 4.69) is 37.3 Å². The summed E-state index contributed by atoms with van der Waals surface area (Å²) in [6.45, 7) is 2.09. The van der Waals surface area contributed by atoms with E-state index >= 15 is 0 Å². The van der Waals surface area contributed by atoms with Gasteiger partial charge in [0, 0.05) is 6.42 Å². The van der Waals surface area contributed by atoms with Gasteiger partial charge in [-0.25, -0.2) is 0 Å². The highest BCUT2D eigenvalue weighted by atomic mass is 16.4. The summed E-state index contributed by atoms with van der Waals surface area (Å²) in [6.07, 6.45) is 19.6. The summed E-state index contributed by atoms with van der Waals surface area (Å²) < 4.78 is 0. The van der Waals surface area contributed by atoms with Crippen LogP contribution in [0, 0.1) is 0 Å². The molecule has 0 radical (unpaired) electrons. The molecule has 0 aliphatic rings. The summed E-state index contributed by atoms with van der Waals surface area (Å²) in [6, 6.07) is 0. The van der Waals surface area contributed by atoms with Gasteiger partial charge in [-0.15, -0.1) is 0 Å². The highest BCUT2D eigenvalue weighted by Crippen LogP contribution is 2.05. The number of aliphatic carboxylic acids is 1. The Labute approximate surface area is 129 Å². The van der Waals surface area contributed by atoms with Crippen LogP contribution in [0.2, 0.25) is 0 Å². The first-order valence-electron chi connectivity index (χ1n) is 8.01. The Hall–Kier alpha value is -1.35. The molecule has 0 saturated heterocycles. The number of aliphatic hydroxyl groups excluding tert-OH is 1. The van der Waals surface area contributed by atoms with E-state index < -0.39 is 5.97 Å². The van der Waals surface area contributed by atoms with Gasteiger partial charge in [-0.1, -0.05) is 43.4 Å². The molecule has 1 atom stereocenters. The summed E-state index contributed by atoms with van der Waals surface area (Å²) >= 11 is 0. The highest BCUT2D eigenvalue weighted by molar-refractivity contribution is 5.66. The molecule has 2 N–H and O–H groups in total. The molecule has 3 heteroatoms. The number of hydrogen-bond acceptors (Lipinski definition) is 2. The minimum absolute atomic E-state index is 0.234. The van der Waals surface area contributed by atoms with Gasteiger partial charge in [0.15, 0.2) is 0 Å². The van der Waals surface area contributed by atoms with Gasteiger partial charge in [0.25, 0.3) is 0 Å². The standard InChI is InChI=1S/C18H30O3/c1-2-3-11-14-17(19)15-12-9-7-5-4-6-8-10-13-16-18(20)21/h3-4,6-7,9,11,17,19H,2,5,8,10,12-16H2,1H3,(H,20,21)/b6-4-,9-7-,11-3-. The van der Waals surface area contributed by atoms with Crippen molar-refractivity contribution in [1.82, 2.24) is 0 Å². The van der Waals surface area contributed by atoms with Gasteiger partial charge >= 0.3 is 5.97 Å². The van der Waals surface area contributed by atoms with Gasteiger partial charge in [0.2, 0.25) is 0 Å². The number of allylic oxidation sites excluding steroid dienone is 5. The van der Waals surface area contributed by atoms with Gasteiger partial charge < -0.3 is 10.2 Å². The number of rotatable bonds is 13. The summed E-state index contributed by atoms with van der Waals surface area (Å²) in [7, 11) is 0. The smallest absolute Gasteiger partial charge is 0.303 e. The van der Waals surface area contributed by atoms with E-state index in [1.807, 2.05) is 6.08 Å². The summed E-state index contributed by atoms with van der Waals surface area (Å²) in [5.41, 5.74) is 0. The minimum Gasteiger partial charge on any atom is -0.481 e. The third-order valence-electron chi connectivity index (χ3n) is 3.09. The molecule has 0 saturated carbocycles. The van der Waals surface area contributed by atoms with Crippen LogP contribution in [0.1, 0.15) is 64.7 Å². The van der Waals surface area contributed by atoms with E-state index in [1.165, 1.54) is 0 Å². The summed E-state index contributed by atoms with van der Waals surface area (Å²) in [5, 5.41) is 18.2. The molecule has 0 heterocycles. The van der Waals surface area contributed by atoms with E-state index in [0.29, 0.717) is 0 Å². The first-order chi connectivity index (χ1) is 10.2. The van der Waals surface area contributed by atoms with Crippen molar-refractivity contribution in [2.24, 2.45) is 0 Å². The summed E-state index contributed by atoms with van der Waals surface area (Å²) in [5.74, 6) is -0.714. The molecule has 0 aromatic carbocycles. The van der Waals surface area contributed by atoms with Gasteiger partial charge in [0.1, 0.15) is 0 Å². The Morgan fingerprint density at radius 2 is 1.71 bits per heavy atom. The second kappa shape index (κ2) is 15.0. The Morgan fingerprint density at radius 1 is 1.00 bits per heavy atom. The first-order valence-corrected chi connectivity index (χ1v) is 8.01. The number of hydrogen-bond donors (Lipinski definition) is 2. The van der Waals surface area contributed by atoms with Crippen LogP contribution in [0.25, 0.3) is 0 Å². The molecular weight excluding hydrogens is 264 g/mol. The molecule has 1 unspecified atom stereocenters. The zero-order valence-electron chi connectivity index (χ0n) is 13.2. The number of carboxylic acid groups (broad SMARTS) is 1. The SMILES string of the molecule is CC/C=C\CC(O)CC/C=C\C/C=C\CCCCC(=O)O. The molecular formula is C18H30O3. The lowest BCUT2D eigenvalue weighted by molar-refractivity contribution is -0.137. The average Bonchev–Trinajstić information content (AvgIpc) is 2.44. The molecule has 3 nitrogen and oxygen atoms in total. The zero-order chi connectivity index (χ0) is 15.8. The highest BCUT2D eigenvalue weighted by Gasteiger charge is 1.98. The number of unbranched alkanes of at least 4 members (excludes halogenated alkanes) is 2. The normalized spacial score (nSPS) is 13.6. The van der Waals surface area contributed by atoms with Crippen molar-refractivity contribution in [2.75, 3.05) is 0 Å². The van der Waals surface area contributed by atoms with Crippen LogP contribution in [0.3, 0.4) is 0 Å². The lowest BCUT2D eigenvalue weighted by Crippen LogP contribution is -2.03. The molecule has 0 aliphatic carbocycles. The molecule has 0 rings (SSSR count). The minimum atomic E-state index is -0.714. The predicted octanol–water partition coefficient (Wildman–Crippen LogP) is 4.63. The van der Waals surface area contributed by atoms with Gasteiger partial charge in [-0.3, -0.25) is 4.79 Å². The van der Waals surface area contributed by atoms with Crippen molar-refractivity contribution in [3.63, 3.8) is 0 Å². The average molecular weight is 294 g/mol. The quantitative estimate of drug-likeness (QED) is 0.384. The lowest BCUT2D eigenvalue weighted by Gasteiger charge is -2.04. The summed E-state index contributed by atoms with van der Waals surface area (Å²) in [4.78, 5) is 10.3. The van der Waals surface area contributed by atoms with Gasteiger partial charge in [-0.2, -0.15) is 0 Å². The van der Waals surface area contributed by atoms with Crippen molar-refractivity contribution < 1.29 is 15.0 Å².